The van der Waals surface area contributed by atoms with Crippen molar-refractivity contribution in [3.8, 4) is 11.5 Å². The molecular weight excluding hydrogens is 236 g/mol. The molecule has 92 valence electrons. The second-order valence-corrected chi connectivity index (χ2v) is 3.93. The number of benzene rings is 1. The van der Waals surface area contributed by atoms with Gasteiger partial charge in [-0.25, -0.2) is 4.79 Å². The van der Waals surface area contributed by atoms with Crippen molar-refractivity contribution in [3.63, 3.8) is 0 Å². The van der Waals surface area contributed by atoms with Crippen molar-refractivity contribution in [1.29, 1.82) is 0 Å². The summed E-state index contributed by atoms with van der Waals surface area (Å²) >= 11 is 0. The number of aromatic amines is 1. The van der Waals surface area contributed by atoms with E-state index >= 15 is 0 Å². The Bertz CT molecular complexity index is 702. The SMILES string of the molecule is O=c1ccn(Cc2ccc3c(c2)OCO3)c(=O)[nH]1. The molecule has 0 spiro atoms. The molecule has 0 fully saturated rings. The van der Waals surface area contributed by atoms with Gasteiger partial charge in [-0.15, -0.1) is 0 Å². The molecule has 0 bridgehead atoms. The molecule has 0 radical (unpaired) electrons. The van der Waals surface area contributed by atoms with Gasteiger partial charge in [0.2, 0.25) is 6.79 Å². The van der Waals surface area contributed by atoms with E-state index in [1.807, 2.05) is 12.1 Å². The largest absolute Gasteiger partial charge is 0.454 e. The van der Waals surface area contributed by atoms with Gasteiger partial charge in [0.15, 0.2) is 11.5 Å². The summed E-state index contributed by atoms with van der Waals surface area (Å²) in [5, 5.41) is 0. The van der Waals surface area contributed by atoms with E-state index in [1.54, 1.807) is 6.07 Å². The lowest BCUT2D eigenvalue weighted by Crippen LogP contribution is -2.28. The van der Waals surface area contributed by atoms with E-state index in [0.29, 0.717) is 18.0 Å². The maximum absolute atomic E-state index is 11.5. The number of nitrogens with one attached hydrogen (secondary N) is 1. The summed E-state index contributed by atoms with van der Waals surface area (Å²) in [5.41, 5.74) is 0.0653. The number of ether oxygens (including phenoxy) is 2. The predicted octanol–water partition coefficient (Wildman–Crippen LogP) is 0.314. The third-order valence-corrected chi connectivity index (χ3v) is 2.69. The standard InChI is InChI=1S/C12H10N2O4/c15-11-3-4-14(12(16)13-11)6-8-1-2-9-10(5-8)18-7-17-9/h1-5H,6-7H2,(H,13,15,16). The monoisotopic (exact) mass is 246 g/mol. The molecule has 2 aromatic rings. The van der Waals surface area contributed by atoms with Crippen LogP contribution in [-0.4, -0.2) is 16.3 Å². The van der Waals surface area contributed by atoms with Crippen LogP contribution in [0.1, 0.15) is 5.56 Å². The number of aromatic nitrogens is 2. The smallest absolute Gasteiger partial charge is 0.328 e. The van der Waals surface area contributed by atoms with Crippen LogP contribution >= 0.6 is 0 Å². The van der Waals surface area contributed by atoms with Crippen molar-refractivity contribution in [2.45, 2.75) is 6.54 Å². The van der Waals surface area contributed by atoms with Crippen LogP contribution in [0.5, 0.6) is 11.5 Å². The first kappa shape index (κ1) is 10.6. The summed E-state index contributed by atoms with van der Waals surface area (Å²) in [5.74, 6) is 1.37. The molecule has 0 amide bonds. The van der Waals surface area contributed by atoms with Gasteiger partial charge in [0.05, 0.1) is 6.54 Å². The fraction of sp³-hybridized carbons (Fsp3) is 0.167. The minimum Gasteiger partial charge on any atom is -0.454 e. The van der Waals surface area contributed by atoms with Crippen LogP contribution in [0.25, 0.3) is 0 Å². The number of fused-ring (bicyclic) bond motifs is 1. The molecule has 0 atom stereocenters. The fourth-order valence-electron chi connectivity index (χ4n) is 1.80. The fourth-order valence-corrected chi connectivity index (χ4v) is 1.80. The van der Waals surface area contributed by atoms with E-state index in [9.17, 15) is 9.59 Å². The van der Waals surface area contributed by atoms with E-state index in [2.05, 4.69) is 4.98 Å². The normalized spacial score (nSPS) is 12.7. The van der Waals surface area contributed by atoms with Gasteiger partial charge in [-0.1, -0.05) is 6.07 Å². The van der Waals surface area contributed by atoms with Gasteiger partial charge >= 0.3 is 5.69 Å². The molecule has 2 heterocycles. The topological polar surface area (TPSA) is 73.3 Å². The zero-order valence-electron chi connectivity index (χ0n) is 9.38. The highest BCUT2D eigenvalue weighted by Crippen LogP contribution is 2.32. The third-order valence-electron chi connectivity index (χ3n) is 2.69. The highest BCUT2D eigenvalue weighted by atomic mass is 16.7. The van der Waals surface area contributed by atoms with Gasteiger partial charge in [0.25, 0.3) is 5.56 Å². The maximum atomic E-state index is 11.5. The molecule has 1 aliphatic heterocycles. The Hall–Kier alpha value is -2.50. The Balaban J connectivity index is 1.93. The first-order valence-corrected chi connectivity index (χ1v) is 5.41. The van der Waals surface area contributed by atoms with Crippen LogP contribution < -0.4 is 20.7 Å². The van der Waals surface area contributed by atoms with Gasteiger partial charge in [0, 0.05) is 12.3 Å². The van der Waals surface area contributed by atoms with E-state index in [-0.39, 0.29) is 6.79 Å². The summed E-state index contributed by atoms with van der Waals surface area (Å²) in [6.45, 7) is 0.587. The molecule has 0 saturated carbocycles. The highest BCUT2D eigenvalue weighted by Gasteiger charge is 2.13. The van der Waals surface area contributed by atoms with Crippen molar-refractivity contribution >= 4 is 0 Å². The molecule has 18 heavy (non-hydrogen) atoms. The first-order valence-electron chi connectivity index (χ1n) is 5.41. The Morgan fingerprint density at radius 3 is 2.83 bits per heavy atom. The van der Waals surface area contributed by atoms with Gasteiger partial charge in [0.1, 0.15) is 0 Å². The highest BCUT2D eigenvalue weighted by molar-refractivity contribution is 5.44. The third kappa shape index (κ3) is 1.88. The molecule has 6 nitrogen and oxygen atoms in total. The molecular formula is C12H10N2O4. The molecule has 3 rings (SSSR count). The number of nitrogens with zero attached hydrogens (tertiary/aromatic N) is 1. The maximum Gasteiger partial charge on any atom is 0.328 e. The zero-order valence-corrected chi connectivity index (χ0v) is 9.38. The average molecular weight is 246 g/mol. The lowest BCUT2D eigenvalue weighted by molar-refractivity contribution is 0.174. The Kier molecular flexibility index (Phi) is 2.40. The lowest BCUT2D eigenvalue weighted by Gasteiger charge is -2.05. The van der Waals surface area contributed by atoms with Crippen molar-refractivity contribution in [2.75, 3.05) is 6.79 Å². The molecule has 1 aromatic heterocycles. The van der Waals surface area contributed by atoms with Gasteiger partial charge < -0.3 is 9.47 Å². The molecule has 0 unspecified atom stereocenters. The summed E-state index contributed by atoms with van der Waals surface area (Å²) in [4.78, 5) is 24.7. The quantitative estimate of drug-likeness (QED) is 0.827. The second kappa shape index (κ2) is 4.06. The minimum atomic E-state index is -0.430. The van der Waals surface area contributed by atoms with Gasteiger partial charge in [-0.3, -0.25) is 14.3 Å². The van der Waals surface area contributed by atoms with E-state index < -0.39 is 11.2 Å². The van der Waals surface area contributed by atoms with E-state index in [1.165, 1.54) is 16.8 Å². The van der Waals surface area contributed by atoms with E-state index in [4.69, 9.17) is 9.47 Å². The van der Waals surface area contributed by atoms with Crippen LogP contribution in [0, 0.1) is 0 Å². The van der Waals surface area contributed by atoms with Crippen LogP contribution in [0.3, 0.4) is 0 Å². The van der Waals surface area contributed by atoms with Crippen LogP contribution in [0.2, 0.25) is 0 Å². The molecule has 1 N–H and O–H groups in total. The summed E-state index contributed by atoms with van der Waals surface area (Å²) in [6.07, 6.45) is 1.46. The first-order chi connectivity index (χ1) is 8.72. The summed E-state index contributed by atoms with van der Waals surface area (Å²) in [7, 11) is 0. The van der Waals surface area contributed by atoms with Crippen molar-refractivity contribution in [3.05, 3.63) is 56.9 Å². The van der Waals surface area contributed by atoms with Crippen LogP contribution in [0.4, 0.5) is 0 Å². The zero-order chi connectivity index (χ0) is 12.5. The van der Waals surface area contributed by atoms with Crippen molar-refractivity contribution < 1.29 is 9.47 Å². The molecule has 0 aliphatic carbocycles. The lowest BCUT2D eigenvalue weighted by atomic mass is 10.2. The van der Waals surface area contributed by atoms with Crippen LogP contribution in [0.15, 0.2) is 40.1 Å². The molecule has 1 aliphatic rings. The predicted molar refractivity (Wildman–Crippen MR) is 63.0 cm³/mol. The second-order valence-electron chi connectivity index (χ2n) is 3.93. The number of H-pyrrole nitrogens is 1. The average Bonchev–Trinajstić information content (AvgIpc) is 2.80. The number of hydrogen-bond acceptors (Lipinski definition) is 4. The van der Waals surface area contributed by atoms with Crippen molar-refractivity contribution in [2.24, 2.45) is 0 Å². The van der Waals surface area contributed by atoms with Gasteiger partial charge in [-0.2, -0.15) is 0 Å². The van der Waals surface area contributed by atoms with E-state index in [0.717, 1.165) is 5.56 Å². The molecule has 0 saturated heterocycles. The minimum absolute atomic E-state index is 0.220. The summed E-state index contributed by atoms with van der Waals surface area (Å²) < 4.78 is 11.9. The van der Waals surface area contributed by atoms with Gasteiger partial charge in [-0.05, 0) is 17.7 Å². The molecule has 1 aromatic carbocycles. The van der Waals surface area contributed by atoms with Crippen LogP contribution in [-0.2, 0) is 6.54 Å². The van der Waals surface area contributed by atoms with Crippen molar-refractivity contribution in [1.82, 2.24) is 9.55 Å². The number of rotatable bonds is 2. The Morgan fingerprint density at radius 2 is 2.00 bits per heavy atom. The molecule has 6 heteroatoms. The Labute approximate surface area is 101 Å². The summed E-state index contributed by atoms with van der Waals surface area (Å²) in [6, 6.07) is 6.79. The Morgan fingerprint density at radius 1 is 1.17 bits per heavy atom. The number of hydrogen-bond donors (Lipinski definition) is 1.